The van der Waals surface area contributed by atoms with Gasteiger partial charge in [0.1, 0.15) is 0 Å². The van der Waals surface area contributed by atoms with E-state index in [0.717, 1.165) is 19.1 Å². The summed E-state index contributed by atoms with van der Waals surface area (Å²) in [4.78, 5) is 0. The van der Waals surface area contributed by atoms with Gasteiger partial charge in [0.2, 0.25) is 0 Å². The molecule has 2 rings (SSSR count). The van der Waals surface area contributed by atoms with Gasteiger partial charge in [-0.15, -0.1) is 0 Å². The van der Waals surface area contributed by atoms with Crippen molar-refractivity contribution >= 4 is 0 Å². The van der Waals surface area contributed by atoms with Crippen LogP contribution in [0, 0.1) is 11.3 Å². The Hall–Kier alpha value is -0.0800. The lowest BCUT2D eigenvalue weighted by molar-refractivity contribution is -0.0453. The highest BCUT2D eigenvalue weighted by Crippen LogP contribution is 2.37. The van der Waals surface area contributed by atoms with Crippen LogP contribution in [0.3, 0.4) is 0 Å². The molecular weight excluding hydrogens is 246 g/mol. The Kier molecular flexibility index (Phi) is 6.35. The van der Waals surface area contributed by atoms with Crippen LogP contribution in [0.1, 0.15) is 78.6 Å². The highest BCUT2D eigenvalue weighted by molar-refractivity contribution is 4.90. The maximum absolute atomic E-state index is 6.41. The molecule has 0 aliphatic heterocycles. The maximum Gasteiger partial charge on any atom is 0.0733 e. The van der Waals surface area contributed by atoms with Crippen LogP contribution in [0.4, 0.5) is 0 Å². The standard InChI is InChI=1S/C18H35NO/c1-4-12-19-16-10-11-18(2,3)13-17(16)20-14-15-8-6-5-7-9-15/h15-17,19H,4-14H2,1-3H3. The summed E-state index contributed by atoms with van der Waals surface area (Å²) in [5.41, 5.74) is 0.460. The van der Waals surface area contributed by atoms with E-state index in [2.05, 4.69) is 26.1 Å². The molecule has 0 amide bonds. The summed E-state index contributed by atoms with van der Waals surface area (Å²) in [5, 5.41) is 3.72. The van der Waals surface area contributed by atoms with Gasteiger partial charge in [-0.2, -0.15) is 0 Å². The van der Waals surface area contributed by atoms with Gasteiger partial charge >= 0.3 is 0 Å². The molecule has 0 spiro atoms. The van der Waals surface area contributed by atoms with E-state index in [1.54, 1.807) is 0 Å². The average molecular weight is 281 g/mol. The normalized spacial score (nSPS) is 31.4. The molecule has 0 aromatic heterocycles. The zero-order valence-electron chi connectivity index (χ0n) is 13.9. The molecule has 2 atom stereocenters. The number of hydrogen-bond acceptors (Lipinski definition) is 2. The van der Waals surface area contributed by atoms with Gasteiger partial charge in [0.25, 0.3) is 0 Å². The van der Waals surface area contributed by atoms with Crippen LogP contribution < -0.4 is 5.32 Å². The number of ether oxygens (including phenoxy) is 1. The number of hydrogen-bond donors (Lipinski definition) is 1. The maximum atomic E-state index is 6.41. The van der Waals surface area contributed by atoms with Crippen molar-refractivity contribution in [2.75, 3.05) is 13.2 Å². The summed E-state index contributed by atoms with van der Waals surface area (Å²) >= 11 is 0. The molecule has 2 heteroatoms. The summed E-state index contributed by atoms with van der Waals surface area (Å²) in [5.74, 6) is 0.834. The lowest BCUT2D eigenvalue weighted by Gasteiger charge is -2.41. The Balaban J connectivity index is 1.82. The molecule has 0 aromatic carbocycles. The van der Waals surface area contributed by atoms with Crippen LogP contribution in [-0.2, 0) is 4.74 Å². The Labute approximate surface area is 126 Å². The third-order valence-corrected chi connectivity index (χ3v) is 5.26. The minimum atomic E-state index is 0.437. The Bertz CT molecular complexity index is 271. The SMILES string of the molecule is CCCNC1CCC(C)(C)CC1OCC1CCCCC1. The second-order valence-electron chi connectivity index (χ2n) is 7.84. The lowest BCUT2D eigenvalue weighted by atomic mass is 9.74. The number of nitrogens with one attached hydrogen (secondary N) is 1. The minimum Gasteiger partial charge on any atom is -0.376 e. The van der Waals surface area contributed by atoms with Gasteiger partial charge in [0.05, 0.1) is 6.10 Å². The van der Waals surface area contributed by atoms with Crippen molar-refractivity contribution in [2.24, 2.45) is 11.3 Å². The lowest BCUT2D eigenvalue weighted by Crippen LogP contribution is -2.48. The second kappa shape index (κ2) is 7.79. The minimum absolute atomic E-state index is 0.437. The van der Waals surface area contributed by atoms with E-state index >= 15 is 0 Å². The second-order valence-corrected chi connectivity index (χ2v) is 7.84. The summed E-state index contributed by atoms with van der Waals surface area (Å²) in [7, 11) is 0. The monoisotopic (exact) mass is 281 g/mol. The molecule has 2 unspecified atom stereocenters. The summed E-state index contributed by atoms with van der Waals surface area (Å²) in [6, 6.07) is 0.589. The summed E-state index contributed by atoms with van der Waals surface area (Å²) in [6.45, 7) is 9.19. The van der Waals surface area contributed by atoms with Crippen molar-refractivity contribution in [2.45, 2.75) is 90.7 Å². The molecule has 118 valence electrons. The van der Waals surface area contributed by atoms with E-state index in [-0.39, 0.29) is 0 Å². The summed E-state index contributed by atoms with van der Waals surface area (Å²) < 4.78 is 6.41. The molecular formula is C18H35NO. The molecule has 2 fully saturated rings. The molecule has 2 saturated carbocycles. The zero-order valence-corrected chi connectivity index (χ0v) is 13.9. The highest BCUT2D eigenvalue weighted by Gasteiger charge is 2.35. The quantitative estimate of drug-likeness (QED) is 0.772. The van der Waals surface area contributed by atoms with E-state index in [4.69, 9.17) is 4.74 Å². The average Bonchev–Trinajstić information content (AvgIpc) is 2.44. The Morgan fingerprint density at radius 1 is 1.10 bits per heavy atom. The van der Waals surface area contributed by atoms with E-state index in [0.29, 0.717) is 17.6 Å². The van der Waals surface area contributed by atoms with Crippen LogP contribution in [0.2, 0.25) is 0 Å². The predicted molar refractivity (Wildman–Crippen MR) is 86.0 cm³/mol. The molecule has 0 radical (unpaired) electrons. The molecule has 0 saturated heterocycles. The van der Waals surface area contributed by atoms with Gasteiger partial charge in [-0.05, 0) is 56.4 Å². The van der Waals surface area contributed by atoms with Gasteiger partial charge in [0, 0.05) is 12.6 Å². The van der Waals surface area contributed by atoms with Crippen molar-refractivity contribution in [3.8, 4) is 0 Å². The molecule has 0 heterocycles. The Morgan fingerprint density at radius 3 is 2.55 bits per heavy atom. The molecule has 20 heavy (non-hydrogen) atoms. The van der Waals surface area contributed by atoms with Gasteiger partial charge in [-0.1, -0.05) is 40.0 Å². The fourth-order valence-corrected chi connectivity index (χ4v) is 3.87. The zero-order chi connectivity index (χ0) is 14.4. The fraction of sp³-hybridized carbons (Fsp3) is 1.00. The van der Waals surface area contributed by atoms with Crippen LogP contribution in [0.25, 0.3) is 0 Å². The third kappa shape index (κ3) is 5.04. The van der Waals surface area contributed by atoms with Crippen molar-refractivity contribution in [3.63, 3.8) is 0 Å². The first-order valence-corrected chi connectivity index (χ1v) is 8.96. The van der Waals surface area contributed by atoms with Crippen molar-refractivity contribution in [3.05, 3.63) is 0 Å². The van der Waals surface area contributed by atoms with Crippen molar-refractivity contribution in [1.82, 2.24) is 5.32 Å². The molecule has 0 aromatic rings. The van der Waals surface area contributed by atoms with Crippen LogP contribution in [-0.4, -0.2) is 25.3 Å². The fourth-order valence-electron chi connectivity index (χ4n) is 3.87. The molecule has 2 nitrogen and oxygen atoms in total. The van der Waals surface area contributed by atoms with Gasteiger partial charge < -0.3 is 10.1 Å². The van der Waals surface area contributed by atoms with E-state index < -0.39 is 0 Å². The molecule has 2 aliphatic rings. The van der Waals surface area contributed by atoms with Gasteiger partial charge in [0.15, 0.2) is 0 Å². The van der Waals surface area contributed by atoms with Gasteiger partial charge in [-0.25, -0.2) is 0 Å². The molecule has 1 N–H and O–H groups in total. The first-order chi connectivity index (χ1) is 9.61. The highest BCUT2D eigenvalue weighted by atomic mass is 16.5. The van der Waals surface area contributed by atoms with E-state index in [1.165, 1.54) is 57.8 Å². The smallest absolute Gasteiger partial charge is 0.0733 e. The first kappa shape index (κ1) is 16.3. The van der Waals surface area contributed by atoms with E-state index in [9.17, 15) is 0 Å². The van der Waals surface area contributed by atoms with E-state index in [1.807, 2.05) is 0 Å². The number of rotatable bonds is 6. The largest absolute Gasteiger partial charge is 0.376 e. The molecule has 2 aliphatic carbocycles. The summed E-state index contributed by atoms with van der Waals surface area (Å²) in [6.07, 6.45) is 12.5. The van der Waals surface area contributed by atoms with Crippen LogP contribution in [0.15, 0.2) is 0 Å². The topological polar surface area (TPSA) is 21.3 Å². The van der Waals surface area contributed by atoms with Gasteiger partial charge in [-0.3, -0.25) is 0 Å². The molecule has 0 bridgehead atoms. The van der Waals surface area contributed by atoms with Crippen LogP contribution >= 0.6 is 0 Å². The predicted octanol–water partition coefficient (Wildman–Crippen LogP) is 4.53. The van der Waals surface area contributed by atoms with Crippen LogP contribution in [0.5, 0.6) is 0 Å². The van der Waals surface area contributed by atoms with Crippen molar-refractivity contribution < 1.29 is 4.74 Å². The van der Waals surface area contributed by atoms with Crippen molar-refractivity contribution in [1.29, 1.82) is 0 Å². The third-order valence-electron chi connectivity index (χ3n) is 5.26. The first-order valence-electron chi connectivity index (χ1n) is 8.96. The Morgan fingerprint density at radius 2 is 1.85 bits per heavy atom.